The summed E-state index contributed by atoms with van der Waals surface area (Å²) in [7, 11) is 1.19. The largest absolute Gasteiger partial charge is 0.453 e. The maximum absolute atomic E-state index is 12.1. The number of aromatic amines is 1. The Balaban J connectivity index is 2.32. The normalized spacial score (nSPS) is 11.9. The number of rotatable bonds is 7. The van der Waals surface area contributed by atoms with E-state index in [-0.39, 0.29) is 16.9 Å². The van der Waals surface area contributed by atoms with Crippen molar-refractivity contribution < 1.29 is 24.0 Å². The fraction of sp³-hybridized carbons (Fsp3) is 0.350. The molecule has 0 unspecified atom stereocenters. The van der Waals surface area contributed by atoms with Crippen LogP contribution in [0.2, 0.25) is 0 Å². The lowest BCUT2D eigenvalue weighted by Crippen LogP contribution is -2.35. The van der Waals surface area contributed by atoms with Crippen molar-refractivity contribution in [3.63, 3.8) is 0 Å². The highest BCUT2D eigenvalue weighted by Crippen LogP contribution is 2.32. The highest BCUT2D eigenvalue weighted by Gasteiger charge is 2.24. The number of ether oxygens (including phenoxy) is 2. The first-order chi connectivity index (χ1) is 14.5. The van der Waals surface area contributed by atoms with Crippen LogP contribution in [0.3, 0.4) is 0 Å². The number of nitro groups is 1. The van der Waals surface area contributed by atoms with Crippen molar-refractivity contribution in [2.45, 2.75) is 38.8 Å². The van der Waals surface area contributed by atoms with Gasteiger partial charge in [-0.1, -0.05) is 6.08 Å². The summed E-state index contributed by atoms with van der Waals surface area (Å²) in [6.45, 7) is 8.93. The number of benzene rings is 1. The molecule has 0 saturated heterocycles. The monoisotopic (exact) mass is 431 g/mol. The van der Waals surface area contributed by atoms with E-state index in [9.17, 15) is 19.7 Å². The van der Waals surface area contributed by atoms with E-state index in [0.717, 1.165) is 0 Å². The van der Waals surface area contributed by atoms with Crippen molar-refractivity contribution in [3.8, 4) is 11.3 Å². The van der Waals surface area contributed by atoms with Crippen LogP contribution in [0.15, 0.2) is 37.1 Å². The van der Waals surface area contributed by atoms with E-state index in [1.165, 1.54) is 31.5 Å². The van der Waals surface area contributed by atoms with E-state index in [4.69, 9.17) is 4.74 Å². The van der Waals surface area contributed by atoms with Crippen LogP contribution in [0.5, 0.6) is 0 Å². The average Bonchev–Trinajstić information content (AvgIpc) is 3.16. The molecule has 0 radical (unpaired) electrons. The van der Waals surface area contributed by atoms with E-state index < -0.39 is 28.8 Å². The first kappa shape index (κ1) is 23.4. The number of nitrogens with zero attached hydrogens (tertiary/aromatic N) is 2. The highest BCUT2D eigenvalue weighted by atomic mass is 16.6. The molecular formula is C20H25N5O6. The van der Waals surface area contributed by atoms with Crippen molar-refractivity contribution in [3.05, 3.63) is 53.0 Å². The summed E-state index contributed by atoms with van der Waals surface area (Å²) in [6, 6.07) is 3.62. The van der Waals surface area contributed by atoms with E-state index >= 15 is 0 Å². The molecule has 11 nitrogen and oxygen atoms in total. The number of H-pyrrole nitrogens is 1. The standard InChI is InChI=1S/C20H25N5O6/c1-6-7-14(24-19(27)31-20(2,3)4)17-21-11-15(23-17)13-9-8-12(22-18(26)30-5)10-16(13)25(28)29/h6,8-11,14H,1,7H2,2-5H3,(H,21,23)(H,22,26)(H,24,27)/t14-/m0/s1. The Morgan fingerprint density at radius 2 is 2.06 bits per heavy atom. The quantitative estimate of drug-likeness (QED) is 0.336. The number of hydrogen-bond donors (Lipinski definition) is 3. The first-order valence-electron chi connectivity index (χ1n) is 9.33. The summed E-state index contributed by atoms with van der Waals surface area (Å²) in [5, 5.41) is 16.7. The van der Waals surface area contributed by atoms with E-state index in [0.29, 0.717) is 17.9 Å². The number of alkyl carbamates (subject to hydrolysis) is 1. The number of anilines is 1. The number of hydrogen-bond acceptors (Lipinski definition) is 7. The molecule has 0 saturated carbocycles. The van der Waals surface area contributed by atoms with Crippen molar-refractivity contribution in [1.29, 1.82) is 0 Å². The Labute approximate surface area is 179 Å². The van der Waals surface area contributed by atoms with Crippen LogP contribution in [0.25, 0.3) is 11.3 Å². The molecule has 0 spiro atoms. The number of carbonyl (C=O) groups excluding carboxylic acids is 2. The van der Waals surface area contributed by atoms with Crippen LogP contribution >= 0.6 is 0 Å². The molecule has 0 bridgehead atoms. The topological polar surface area (TPSA) is 148 Å². The smallest absolute Gasteiger partial charge is 0.411 e. The van der Waals surface area contributed by atoms with Gasteiger partial charge >= 0.3 is 12.2 Å². The van der Waals surface area contributed by atoms with E-state index in [1.54, 1.807) is 26.8 Å². The van der Waals surface area contributed by atoms with Gasteiger partial charge < -0.3 is 19.8 Å². The minimum Gasteiger partial charge on any atom is -0.453 e. The number of methoxy groups -OCH3 is 1. The van der Waals surface area contributed by atoms with Gasteiger partial charge in [-0.15, -0.1) is 6.58 Å². The van der Waals surface area contributed by atoms with Crippen molar-refractivity contribution >= 4 is 23.6 Å². The second-order valence-electron chi connectivity index (χ2n) is 7.51. The third-order valence-electron chi connectivity index (χ3n) is 3.94. The molecule has 0 fully saturated rings. The summed E-state index contributed by atoms with van der Waals surface area (Å²) in [4.78, 5) is 41.8. The molecule has 166 valence electrons. The summed E-state index contributed by atoms with van der Waals surface area (Å²) in [5.41, 5.74) is -0.0830. The summed E-state index contributed by atoms with van der Waals surface area (Å²) < 4.78 is 9.77. The highest BCUT2D eigenvalue weighted by molar-refractivity contribution is 5.86. The molecule has 1 aromatic carbocycles. The van der Waals surface area contributed by atoms with Crippen molar-refractivity contribution in [2.24, 2.45) is 0 Å². The third kappa shape index (κ3) is 6.56. The molecule has 1 aromatic heterocycles. The van der Waals surface area contributed by atoms with Gasteiger partial charge in [-0.05, 0) is 39.3 Å². The van der Waals surface area contributed by atoms with Crippen molar-refractivity contribution in [1.82, 2.24) is 15.3 Å². The minimum absolute atomic E-state index is 0.207. The predicted octanol–water partition coefficient (Wildman–Crippen LogP) is 4.31. The van der Waals surface area contributed by atoms with E-state index in [1.807, 2.05) is 0 Å². The van der Waals surface area contributed by atoms with Gasteiger partial charge in [-0.3, -0.25) is 15.4 Å². The van der Waals surface area contributed by atoms with Gasteiger partial charge in [0.25, 0.3) is 5.69 Å². The lowest BCUT2D eigenvalue weighted by Gasteiger charge is -2.22. The molecule has 2 amide bonds. The average molecular weight is 431 g/mol. The van der Waals surface area contributed by atoms with Gasteiger partial charge in [0, 0.05) is 6.07 Å². The molecule has 31 heavy (non-hydrogen) atoms. The molecule has 11 heteroatoms. The second kappa shape index (κ2) is 9.74. The van der Waals surface area contributed by atoms with Crippen molar-refractivity contribution in [2.75, 3.05) is 12.4 Å². The van der Waals surface area contributed by atoms with Crippen LogP contribution in [0.4, 0.5) is 21.0 Å². The van der Waals surface area contributed by atoms with Gasteiger partial charge in [0.2, 0.25) is 0 Å². The van der Waals surface area contributed by atoms with E-state index in [2.05, 4.69) is 31.9 Å². The summed E-state index contributed by atoms with van der Waals surface area (Å²) >= 11 is 0. The van der Waals surface area contributed by atoms with Crippen LogP contribution in [0, 0.1) is 10.1 Å². The van der Waals surface area contributed by atoms with Crippen LogP contribution < -0.4 is 10.6 Å². The molecule has 0 aliphatic heterocycles. The van der Waals surface area contributed by atoms with Crippen LogP contribution in [-0.2, 0) is 9.47 Å². The lowest BCUT2D eigenvalue weighted by molar-refractivity contribution is -0.384. The number of nitrogens with one attached hydrogen (secondary N) is 3. The maximum Gasteiger partial charge on any atom is 0.411 e. The first-order valence-corrected chi connectivity index (χ1v) is 9.33. The fourth-order valence-electron chi connectivity index (χ4n) is 2.66. The lowest BCUT2D eigenvalue weighted by atomic mass is 10.1. The zero-order chi connectivity index (χ0) is 23.2. The molecule has 0 aliphatic rings. The zero-order valence-electron chi connectivity index (χ0n) is 17.7. The van der Waals surface area contributed by atoms with Gasteiger partial charge in [0.1, 0.15) is 11.4 Å². The van der Waals surface area contributed by atoms with Gasteiger partial charge in [0.05, 0.1) is 41.2 Å². The number of amides is 2. The Kier molecular flexibility index (Phi) is 7.35. The number of imidazole rings is 1. The molecule has 3 N–H and O–H groups in total. The van der Waals surface area contributed by atoms with Crippen LogP contribution in [-0.4, -0.2) is 39.8 Å². The predicted molar refractivity (Wildman–Crippen MR) is 114 cm³/mol. The van der Waals surface area contributed by atoms with Gasteiger partial charge in [-0.25, -0.2) is 14.6 Å². The summed E-state index contributed by atoms with van der Waals surface area (Å²) in [5.74, 6) is 0.381. The maximum atomic E-state index is 12.1. The Morgan fingerprint density at radius 1 is 1.35 bits per heavy atom. The van der Waals surface area contributed by atoms with Gasteiger partial charge in [0.15, 0.2) is 0 Å². The molecule has 1 atom stereocenters. The van der Waals surface area contributed by atoms with Gasteiger partial charge in [-0.2, -0.15) is 0 Å². The number of aromatic nitrogens is 2. The minimum atomic E-state index is -0.744. The molecular weight excluding hydrogens is 406 g/mol. The SMILES string of the molecule is C=CC[C@H](NC(=O)OC(C)(C)C)c1ncc(-c2ccc(NC(=O)OC)cc2[N+](=O)[O-])[nH]1. The molecule has 1 heterocycles. The molecule has 2 aromatic rings. The number of nitro benzene ring substituents is 1. The van der Waals surface area contributed by atoms with Crippen LogP contribution in [0.1, 0.15) is 39.1 Å². The fourth-order valence-corrected chi connectivity index (χ4v) is 2.66. The molecule has 2 rings (SSSR count). The molecule has 0 aliphatic carbocycles. The summed E-state index contributed by atoms with van der Waals surface area (Å²) in [6.07, 6.45) is 2.03. The third-order valence-corrected chi connectivity index (χ3v) is 3.94. The second-order valence-corrected chi connectivity index (χ2v) is 7.51. The Bertz CT molecular complexity index is 979. The Morgan fingerprint density at radius 3 is 2.65 bits per heavy atom. The zero-order valence-corrected chi connectivity index (χ0v) is 17.7. The Hall–Kier alpha value is -3.89. The number of carbonyl (C=O) groups is 2.